The van der Waals surface area contributed by atoms with Crippen molar-refractivity contribution in [3.8, 4) is 5.75 Å². The summed E-state index contributed by atoms with van der Waals surface area (Å²) >= 11 is 0. The number of carboxylic acid groups (broad SMARTS) is 1. The quantitative estimate of drug-likeness (QED) is 0.876. The largest absolute Gasteiger partial charge is 0.484 e. The van der Waals surface area contributed by atoms with E-state index in [1.165, 1.54) is 24.3 Å². The third kappa shape index (κ3) is 4.72. The molecule has 2 rings (SSSR count). The van der Waals surface area contributed by atoms with Crippen LogP contribution in [0.1, 0.15) is 32.1 Å². The van der Waals surface area contributed by atoms with Gasteiger partial charge in [-0.2, -0.15) is 0 Å². The molecule has 1 aromatic rings. The monoisotopic (exact) mass is 309 g/mol. The molecule has 1 N–H and O–H groups in total. The van der Waals surface area contributed by atoms with Crippen molar-refractivity contribution in [3.05, 3.63) is 30.1 Å². The molecule has 1 amide bonds. The predicted octanol–water partition coefficient (Wildman–Crippen LogP) is 2.45. The summed E-state index contributed by atoms with van der Waals surface area (Å²) in [5.41, 5.74) is 0. The number of aliphatic carboxylic acids is 1. The average Bonchev–Trinajstić information content (AvgIpc) is 2.52. The number of carboxylic acids is 1. The standard InChI is InChI=1S/C16H20FNO4/c17-12-4-7-14(8-5-12)22-11-15(19)18-10-2-1-3-13(18)6-9-16(20)21/h4-5,7-8,13H,1-3,6,9-11H2,(H,20,21)/t13-/m1/s1. The van der Waals surface area contributed by atoms with Crippen LogP contribution in [-0.4, -0.2) is 41.1 Å². The Morgan fingerprint density at radius 1 is 1.27 bits per heavy atom. The lowest BCUT2D eigenvalue weighted by Crippen LogP contribution is -2.46. The van der Waals surface area contributed by atoms with Crippen molar-refractivity contribution >= 4 is 11.9 Å². The second-order valence-corrected chi connectivity index (χ2v) is 5.41. The molecule has 1 fully saturated rings. The van der Waals surface area contributed by atoms with Crippen LogP contribution in [0.3, 0.4) is 0 Å². The Labute approximate surface area is 128 Å². The molecule has 22 heavy (non-hydrogen) atoms. The number of nitrogens with zero attached hydrogens (tertiary/aromatic N) is 1. The van der Waals surface area contributed by atoms with Crippen LogP contribution >= 0.6 is 0 Å². The van der Waals surface area contributed by atoms with Gasteiger partial charge in [-0.15, -0.1) is 0 Å². The molecule has 5 nitrogen and oxygen atoms in total. The summed E-state index contributed by atoms with van der Waals surface area (Å²) in [4.78, 5) is 24.7. The fraction of sp³-hybridized carbons (Fsp3) is 0.500. The number of amides is 1. The number of carbonyl (C=O) groups is 2. The second-order valence-electron chi connectivity index (χ2n) is 5.41. The minimum Gasteiger partial charge on any atom is -0.484 e. The molecule has 0 aliphatic carbocycles. The van der Waals surface area contributed by atoms with Crippen molar-refractivity contribution in [3.63, 3.8) is 0 Å². The Kier molecular flexibility index (Phi) is 5.75. The maximum atomic E-state index is 12.8. The molecule has 0 aromatic heterocycles. The van der Waals surface area contributed by atoms with E-state index >= 15 is 0 Å². The van der Waals surface area contributed by atoms with E-state index in [-0.39, 0.29) is 30.8 Å². The molecule has 1 heterocycles. The van der Waals surface area contributed by atoms with Gasteiger partial charge in [0.1, 0.15) is 11.6 Å². The minimum absolute atomic E-state index is 0.0332. The zero-order valence-corrected chi connectivity index (χ0v) is 12.3. The van der Waals surface area contributed by atoms with Crippen LogP contribution < -0.4 is 4.74 Å². The Hall–Kier alpha value is -2.11. The van der Waals surface area contributed by atoms with E-state index in [9.17, 15) is 14.0 Å². The van der Waals surface area contributed by atoms with Crippen LogP contribution in [-0.2, 0) is 9.59 Å². The summed E-state index contributed by atoms with van der Waals surface area (Å²) in [5, 5.41) is 8.78. The maximum absolute atomic E-state index is 12.8. The van der Waals surface area contributed by atoms with Gasteiger partial charge in [0.05, 0.1) is 0 Å². The first-order chi connectivity index (χ1) is 10.6. The zero-order chi connectivity index (χ0) is 15.9. The van der Waals surface area contributed by atoms with Gasteiger partial charge in [0, 0.05) is 19.0 Å². The van der Waals surface area contributed by atoms with Crippen molar-refractivity contribution in [2.45, 2.75) is 38.1 Å². The summed E-state index contributed by atoms with van der Waals surface area (Å²) in [6.07, 6.45) is 3.29. The van der Waals surface area contributed by atoms with Gasteiger partial charge in [-0.3, -0.25) is 9.59 Å². The predicted molar refractivity (Wildman–Crippen MR) is 78.1 cm³/mol. The van der Waals surface area contributed by atoms with Gasteiger partial charge in [-0.1, -0.05) is 0 Å². The minimum atomic E-state index is -0.847. The van der Waals surface area contributed by atoms with Gasteiger partial charge in [0.25, 0.3) is 5.91 Å². The van der Waals surface area contributed by atoms with Crippen LogP contribution in [0.25, 0.3) is 0 Å². The zero-order valence-electron chi connectivity index (χ0n) is 12.3. The highest BCUT2D eigenvalue weighted by Gasteiger charge is 2.27. The van der Waals surface area contributed by atoms with Crippen molar-refractivity contribution in [1.82, 2.24) is 4.90 Å². The fourth-order valence-electron chi connectivity index (χ4n) is 2.68. The number of halogens is 1. The number of piperidine rings is 1. The Balaban J connectivity index is 1.88. The van der Waals surface area contributed by atoms with E-state index in [1.54, 1.807) is 4.90 Å². The van der Waals surface area contributed by atoms with Gasteiger partial charge in [-0.05, 0) is 49.9 Å². The number of carbonyl (C=O) groups excluding carboxylic acids is 1. The molecule has 0 bridgehead atoms. The van der Waals surface area contributed by atoms with Crippen LogP contribution in [0.5, 0.6) is 5.75 Å². The molecule has 0 radical (unpaired) electrons. The number of likely N-dealkylation sites (tertiary alicyclic amines) is 1. The number of rotatable bonds is 6. The lowest BCUT2D eigenvalue weighted by molar-refractivity contribution is -0.141. The fourth-order valence-corrected chi connectivity index (χ4v) is 2.68. The van der Waals surface area contributed by atoms with Crippen LogP contribution in [0.4, 0.5) is 4.39 Å². The van der Waals surface area contributed by atoms with Crippen molar-refractivity contribution in [2.24, 2.45) is 0 Å². The number of benzene rings is 1. The summed E-state index contributed by atoms with van der Waals surface area (Å²) in [5.74, 6) is -0.919. The van der Waals surface area contributed by atoms with Crippen molar-refractivity contribution < 1.29 is 23.8 Å². The highest BCUT2D eigenvalue weighted by molar-refractivity contribution is 5.78. The summed E-state index contributed by atoms with van der Waals surface area (Å²) in [6.45, 7) is 0.519. The molecule has 1 aliphatic rings. The highest BCUT2D eigenvalue weighted by Crippen LogP contribution is 2.21. The van der Waals surface area contributed by atoms with Crippen LogP contribution in [0.2, 0.25) is 0 Å². The number of hydrogen-bond donors (Lipinski definition) is 1. The number of ether oxygens (including phenoxy) is 1. The molecule has 120 valence electrons. The van der Waals surface area contributed by atoms with Crippen molar-refractivity contribution in [1.29, 1.82) is 0 Å². The molecule has 0 unspecified atom stereocenters. The Morgan fingerprint density at radius 3 is 2.68 bits per heavy atom. The first-order valence-corrected chi connectivity index (χ1v) is 7.46. The second kappa shape index (κ2) is 7.77. The maximum Gasteiger partial charge on any atom is 0.303 e. The molecule has 0 saturated carbocycles. The Bertz CT molecular complexity index is 517. The highest BCUT2D eigenvalue weighted by atomic mass is 19.1. The molecule has 6 heteroatoms. The van der Waals surface area contributed by atoms with E-state index in [1.807, 2.05) is 0 Å². The van der Waals surface area contributed by atoms with E-state index in [0.29, 0.717) is 18.7 Å². The molecule has 1 aromatic carbocycles. The van der Waals surface area contributed by atoms with Crippen LogP contribution in [0, 0.1) is 5.82 Å². The lowest BCUT2D eigenvalue weighted by Gasteiger charge is -2.35. The van der Waals surface area contributed by atoms with E-state index in [4.69, 9.17) is 9.84 Å². The molecular weight excluding hydrogens is 289 g/mol. The van der Waals surface area contributed by atoms with Gasteiger partial charge >= 0.3 is 5.97 Å². The van der Waals surface area contributed by atoms with Gasteiger partial charge in [0.15, 0.2) is 6.61 Å². The first kappa shape index (κ1) is 16.3. The molecule has 1 aliphatic heterocycles. The first-order valence-electron chi connectivity index (χ1n) is 7.46. The van der Waals surface area contributed by atoms with E-state index in [0.717, 1.165) is 19.3 Å². The third-order valence-electron chi connectivity index (χ3n) is 3.81. The van der Waals surface area contributed by atoms with Crippen molar-refractivity contribution in [2.75, 3.05) is 13.2 Å². The smallest absolute Gasteiger partial charge is 0.303 e. The van der Waals surface area contributed by atoms with Crippen LogP contribution in [0.15, 0.2) is 24.3 Å². The molecular formula is C16H20FNO4. The number of hydrogen-bond acceptors (Lipinski definition) is 3. The SMILES string of the molecule is O=C(O)CC[C@H]1CCCCN1C(=O)COc1ccc(F)cc1. The molecule has 1 atom stereocenters. The van der Waals surface area contributed by atoms with E-state index < -0.39 is 5.97 Å². The summed E-state index contributed by atoms with van der Waals surface area (Å²) < 4.78 is 18.2. The third-order valence-corrected chi connectivity index (χ3v) is 3.81. The molecule has 0 spiro atoms. The average molecular weight is 309 g/mol. The van der Waals surface area contributed by atoms with Gasteiger partial charge in [-0.25, -0.2) is 4.39 Å². The van der Waals surface area contributed by atoms with Gasteiger partial charge in [0.2, 0.25) is 0 Å². The summed E-state index contributed by atoms with van der Waals surface area (Å²) in [7, 11) is 0. The van der Waals surface area contributed by atoms with E-state index in [2.05, 4.69) is 0 Å². The normalized spacial score (nSPS) is 18.0. The Morgan fingerprint density at radius 2 is 2.00 bits per heavy atom. The summed E-state index contributed by atoms with van der Waals surface area (Å²) in [6, 6.07) is 5.46. The topological polar surface area (TPSA) is 66.8 Å². The van der Waals surface area contributed by atoms with Gasteiger partial charge < -0.3 is 14.7 Å². The lowest BCUT2D eigenvalue weighted by atomic mass is 9.98. The molecule has 1 saturated heterocycles.